The highest BCUT2D eigenvalue weighted by atomic mass is 16.5. The lowest BCUT2D eigenvalue weighted by molar-refractivity contribution is -0.0114. The average Bonchev–Trinajstić information content (AvgIpc) is 3.44. The molecular weight excluding hydrogens is 360 g/mol. The molecule has 2 aliphatic carbocycles. The maximum atomic E-state index is 11.6. The number of pyridine rings is 1. The van der Waals surface area contributed by atoms with Crippen LogP contribution in [0.1, 0.15) is 55.3 Å². The summed E-state index contributed by atoms with van der Waals surface area (Å²) < 4.78 is 6.09. The smallest absolute Gasteiger partial charge is 0.119 e. The summed E-state index contributed by atoms with van der Waals surface area (Å²) in [4.78, 5) is 7.08. The minimum absolute atomic E-state index is 0.279. The normalized spacial score (nSPS) is 30.0. The second-order valence-corrected chi connectivity index (χ2v) is 9.36. The van der Waals surface area contributed by atoms with Crippen LogP contribution < -0.4 is 4.74 Å². The first-order valence-electron chi connectivity index (χ1n) is 11.2. The SMILES string of the molecule is Cc1cccnc1[C@]1(O)CC[C@H]2CN(Cc3ccc(OC4CCCC4)cc3)C[C@H]21. The van der Waals surface area contributed by atoms with E-state index in [1.807, 2.05) is 12.3 Å². The summed E-state index contributed by atoms with van der Waals surface area (Å²) in [7, 11) is 0. The summed E-state index contributed by atoms with van der Waals surface area (Å²) in [5.41, 5.74) is 2.54. The molecule has 3 fully saturated rings. The van der Waals surface area contributed by atoms with Crippen molar-refractivity contribution in [2.45, 2.75) is 63.7 Å². The van der Waals surface area contributed by atoms with Gasteiger partial charge in [-0.2, -0.15) is 0 Å². The first kappa shape index (κ1) is 19.1. The highest BCUT2D eigenvalue weighted by Crippen LogP contribution is 2.50. The number of hydrogen-bond donors (Lipinski definition) is 1. The third kappa shape index (κ3) is 3.69. The Balaban J connectivity index is 1.24. The molecule has 2 saturated carbocycles. The van der Waals surface area contributed by atoms with Crippen LogP contribution in [0.3, 0.4) is 0 Å². The van der Waals surface area contributed by atoms with E-state index in [1.165, 1.54) is 31.2 Å². The Hall–Kier alpha value is -1.91. The molecule has 5 rings (SSSR count). The Kier molecular flexibility index (Phi) is 5.09. The van der Waals surface area contributed by atoms with Crippen LogP contribution in [0.15, 0.2) is 42.6 Å². The van der Waals surface area contributed by atoms with Gasteiger partial charge in [0.1, 0.15) is 11.4 Å². The summed E-state index contributed by atoms with van der Waals surface area (Å²) in [6.07, 6.45) is 9.12. The van der Waals surface area contributed by atoms with E-state index < -0.39 is 5.60 Å². The molecule has 0 unspecified atom stereocenters. The van der Waals surface area contributed by atoms with E-state index in [-0.39, 0.29) is 5.92 Å². The largest absolute Gasteiger partial charge is 0.490 e. The molecule has 1 N–H and O–H groups in total. The van der Waals surface area contributed by atoms with Gasteiger partial charge in [-0.1, -0.05) is 18.2 Å². The summed E-state index contributed by atoms with van der Waals surface area (Å²) >= 11 is 0. The number of likely N-dealkylation sites (tertiary alicyclic amines) is 1. The number of nitrogens with zero attached hydrogens (tertiary/aromatic N) is 2. The minimum Gasteiger partial charge on any atom is -0.490 e. The molecule has 4 nitrogen and oxygen atoms in total. The number of aromatic nitrogens is 1. The van der Waals surface area contributed by atoms with E-state index in [0.29, 0.717) is 12.0 Å². The number of aryl methyl sites for hydroxylation is 1. The maximum Gasteiger partial charge on any atom is 0.119 e. The van der Waals surface area contributed by atoms with Crippen LogP contribution in [0.5, 0.6) is 5.75 Å². The first-order chi connectivity index (χ1) is 14.1. The summed E-state index contributed by atoms with van der Waals surface area (Å²) in [5.74, 6) is 1.84. The molecule has 2 aromatic rings. The number of rotatable bonds is 5. The molecule has 154 valence electrons. The van der Waals surface area contributed by atoms with Crippen molar-refractivity contribution in [3.63, 3.8) is 0 Å². The van der Waals surface area contributed by atoms with Crippen LogP contribution in [0, 0.1) is 18.8 Å². The van der Waals surface area contributed by atoms with E-state index in [2.05, 4.69) is 47.1 Å². The Morgan fingerprint density at radius 2 is 1.90 bits per heavy atom. The van der Waals surface area contributed by atoms with Crippen LogP contribution >= 0.6 is 0 Å². The standard InChI is InChI=1S/C25H32N2O2/c1-18-5-4-14-26-24(18)25(28)13-12-20-16-27(17-23(20)25)15-19-8-10-22(11-9-19)29-21-6-2-3-7-21/h4-5,8-11,14,20-21,23,28H,2-3,6-7,12-13,15-17H2,1H3/t20-,23+,25-/m0/s1. The lowest BCUT2D eigenvalue weighted by Gasteiger charge is -2.31. The molecule has 3 aliphatic rings. The number of hydrogen-bond acceptors (Lipinski definition) is 4. The van der Waals surface area contributed by atoms with E-state index >= 15 is 0 Å². The van der Waals surface area contributed by atoms with E-state index in [1.54, 1.807) is 0 Å². The Labute approximate surface area is 173 Å². The molecule has 4 heteroatoms. The van der Waals surface area contributed by atoms with Gasteiger partial charge >= 0.3 is 0 Å². The number of ether oxygens (including phenoxy) is 1. The topological polar surface area (TPSA) is 45.6 Å². The van der Waals surface area contributed by atoms with Gasteiger partial charge in [0.15, 0.2) is 0 Å². The van der Waals surface area contributed by atoms with Crippen molar-refractivity contribution in [1.82, 2.24) is 9.88 Å². The van der Waals surface area contributed by atoms with Crippen LogP contribution in [0.25, 0.3) is 0 Å². The Morgan fingerprint density at radius 1 is 1.10 bits per heavy atom. The van der Waals surface area contributed by atoms with Gasteiger partial charge in [0.05, 0.1) is 11.8 Å². The second-order valence-electron chi connectivity index (χ2n) is 9.36. The minimum atomic E-state index is -0.774. The van der Waals surface area contributed by atoms with Crippen LogP contribution in [0.2, 0.25) is 0 Å². The molecule has 1 aromatic carbocycles. The quantitative estimate of drug-likeness (QED) is 0.817. The van der Waals surface area contributed by atoms with Gasteiger partial charge in [0.25, 0.3) is 0 Å². The third-order valence-electron chi connectivity index (χ3n) is 7.38. The highest BCUT2D eigenvalue weighted by Gasteiger charge is 2.53. The van der Waals surface area contributed by atoms with Crippen LogP contribution in [0.4, 0.5) is 0 Å². The fourth-order valence-electron chi connectivity index (χ4n) is 5.88. The van der Waals surface area contributed by atoms with Crippen LogP contribution in [-0.4, -0.2) is 34.2 Å². The fraction of sp³-hybridized carbons (Fsp3) is 0.560. The molecule has 29 heavy (non-hydrogen) atoms. The Morgan fingerprint density at radius 3 is 2.66 bits per heavy atom. The number of benzene rings is 1. The van der Waals surface area contributed by atoms with Crippen molar-refractivity contribution in [3.8, 4) is 5.75 Å². The summed E-state index contributed by atoms with van der Waals surface area (Å²) in [6.45, 7) is 5.01. The molecular formula is C25H32N2O2. The monoisotopic (exact) mass is 392 g/mol. The zero-order valence-electron chi connectivity index (χ0n) is 17.4. The van der Waals surface area contributed by atoms with Crippen molar-refractivity contribution in [2.75, 3.05) is 13.1 Å². The second kappa shape index (κ2) is 7.73. The molecule has 3 atom stereocenters. The van der Waals surface area contributed by atoms with Gasteiger partial charge < -0.3 is 9.84 Å². The van der Waals surface area contributed by atoms with Crippen molar-refractivity contribution >= 4 is 0 Å². The van der Waals surface area contributed by atoms with Gasteiger partial charge in [-0.3, -0.25) is 9.88 Å². The van der Waals surface area contributed by atoms with E-state index in [9.17, 15) is 5.11 Å². The number of aliphatic hydroxyl groups is 1. The molecule has 0 radical (unpaired) electrons. The molecule has 0 bridgehead atoms. The van der Waals surface area contributed by atoms with Gasteiger partial charge in [-0.05, 0) is 80.7 Å². The summed E-state index contributed by atoms with van der Waals surface area (Å²) in [5, 5.41) is 11.6. The highest BCUT2D eigenvalue weighted by molar-refractivity contribution is 5.29. The van der Waals surface area contributed by atoms with E-state index in [0.717, 1.165) is 49.5 Å². The Bertz CT molecular complexity index is 846. The fourth-order valence-corrected chi connectivity index (χ4v) is 5.88. The first-order valence-corrected chi connectivity index (χ1v) is 11.2. The predicted molar refractivity (Wildman–Crippen MR) is 114 cm³/mol. The lowest BCUT2D eigenvalue weighted by Crippen LogP contribution is -2.36. The van der Waals surface area contributed by atoms with Gasteiger partial charge in [0, 0.05) is 31.7 Å². The molecule has 0 spiro atoms. The van der Waals surface area contributed by atoms with Gasteiger partial charge in [-0.25, -0.2) is 0 Å². The third-order valence-corrected chi connectivity index (χ3v) is 7.38. The zero-order chi connectivity index (χ0) is 19.8. The predicted octanol–water partition coefficient (Wildman–Crippen LogP) is 4.44. The van der Waals surface area contributed by atoms with Gasteiger partial charge in [-0.15, -0.1) is 0 Å². The lowest BCUT2D eigenvalue weighted by atomic mass is 9.83. The molecule has 2 heterocycles. The van der Waals surface area contributed by atoms with Crippen molar-refractivity contribution in [2.24, 2.45) is 11.8 Å². The number of fused-ring (bicyclic) bond motifs is 1. The van der Waals surface area contributed by atoms with Crippen LogP contribution in [-0.2, 0) is 12.1 Å². The summed E-state index contributed by atoms with van der Waals surface area (Å²) in [6, 6.07) is 12.7. The van der Waals surface area contributed by atoms with Crippen molar-refractivity contribution < 1.29 is 9.84 Å². The molecule has 0 amide bonds. The van der Waals surface area contributed by atoms with E-state index in [4.69, 9.17) is 4.74 Å². The van der Waals surface area contributed by atoms with Crippen molar-refractivity contribution in [1.29, 1.82) is 0 Å². The molecule has 1 aromatic heterocycles. The van der Waals surface area contributed by atoms with Gasteiger partial charge in [0.2, 0.25) is 0 Å². The van der Waals surface area contributed by atoms with Crippen molar-refractivity contribution in [3.05, 3.63) is 59.4 Å². The molecule has 1 saturated heterocycles. The maximum absolute atomic E-state index is 11.6. The zero-order valence-corrected chi connectivity index (χ0v) is 17.4. The average molecular weight is 393 g/mol. The molecule has 1 aliphatic heterocycles.